The average molecular weight is 154 g/mol. The molecular formula is C10H20N. The molecule has 0 aromatic carbocycles. The first-order chi connectivity index (χ1) is 4.88. The van der Waals surface area contributed by atoms with Gasteiger partial charge in [0.25, 0.3) is 0 Å². The van der Waals surface area contributed by atoms with E-state index in [1.165, 1.54) is 6.42 Å². The van der Waals surface area contributed by atoms with E-state index in [-0.39, 0.29) is 5.54 Å². The van der Waals surface area contributed by atoms with Crippen LogP contribution in [-0.4, -0.2) is 12.1 Å². The minimum absolute atomic E-state index is 0.171. The summed E-state index contributed by atoms with van der Waals surface area (Å²) < 4.78 is 0. The third-order valence-electron chi connectivity index (χ3n) is 3.88. The van der Waals surface area contributed by atoms with Crippen LogP contribution in [0, 0.1) is 11.3 Å². The number of hydrogen-bond donors (Lipinski definition) is 0. The smallest absolute Gasteiger partial charge is 0.0354 e. The molecule has 1 rings (SSSR count). The van der Waals surface area contributed by atoms with E-state index in [1.807, 2.05) is 0 Å². The zero-order valence-electron chi connectivity index (χ0n) is 8.44. The van der Waals surface area contributed by atoms with E-state index in [9.17, 15) is 0 Å². The van der Waals surface area contributed by atoms with Crippen molar-refractivity contribution in [3.05, 3.63) is 0 Å². The highest BCUT2D eigenvalue weighted by Crippen LogP contribution is 2.42. The molecule has 0 spiro atoms. The van der Waals surface area contributed by atoms with Crippen LogP contribution in [0.4, 0.5) is 0 Å². The Morgan fingerprint density at radius 2 is 1.73 bits per heavy atom. The second-order valence-corrected chi connectivity index (χ2v) is 4.85. The molecule has 0 saturated carbocycles. The van der Waals surface area contributed by atoms with E-state index < -0.39 is 0 Å². The van der Waals surface area contributed by atoms with Crippen molar-refractivity contribution >= 4 is 0 Å². The third-order valence-corrected chi connectivity index (χ3v) is 3.88. The van der Waals surface area contributed by atoms with Gasteiger partial charge in [-0.05, 0) is 31.6 Å². The highest BCUT2D eigenvalue weighted by molar-refractivity contribution is 4.98. The summed E-state index contributed by atoms with van der Waals surface area (Å²) in [6.45, 7) is 12.6. The van der Waals surface area contributed by atoms with Crippen molar-refractivity contribution in [1.82, 2.24) is 5.32 Å². The topological polar surface area (TPSA) is 14.1 Å². The predicted octanol–water partition coefficient (Wildman–Crippen LogP) is 2.44. The van der Waals surface area contributed by atoms with Gasteiger partial charge in [-0.3, -0.25) is 0 Å². The summed E-state index contributed by atoms with van der Waals surface area (Å²) in [5, 5.41) is 4.66. The molecule has 1 atom stereocenters. The van der Waals surface area contributed by atoms with Crippen LogP contribution in [0.1, 0.15) is 41.0 Å². The summed E-state index contributed by atoms with van der Waals surface area (Å²) in [6.07, 6.45) is 1.26. The van der Waals surface area contributed by atoms with Gasteiger partial charge in [0.2, 0.25) is 0 Å². The van der Waals surface area contributed by atoms with E-state index in [2.05, 4.69) is 39.9 Å². The standard InChI is InChI=1S/C10H20N/c1-8-6-7-11-10(4,5)9(8,2)3/h8H,6-7H2,1-5H3. The van der Waals surface area contributed by atoms with E-state index in [0.717, 1.165) is 12.5 Å². The monoisotopic (exact) mass is 154 g/mol. The zero-order valence-corrected chi connectivity index (χ0v) is 8.44. The quantitative estimate of drug-likeness (QED) is 0.509. The van der Waals surface area contributed by atoms with E-state index >= 15 is 0 Å². The molecule has 0 bridgehead atoms. The summed E-state index contributed by atoms with van der Waals surface area (Å²) >= 11 is 0. The second-order valence-electron chi connectivity index (χ2n) is 4.85. The molecule has 0 aromatic heterocycles. The van der Waals surface area contributed by atoms with Crippen molar-refractivity contribution in [2.75, 3.05) is 6.54 Å². The van der Waals surface area contributed by atoms with Gasteiger partial charge in [-0.2, -0.15) is 0 Å². The van der Waals surface area contributed by atoms with Crippen LogP contribution in [0.2, 0.25) is 0 Å². The van der Waals surface area contributed by atoms with Gasteiger partial charge in [0.1, 0.15) is 0 Å². The Bertz CT molecular complexity index is 147. The van der Waals surface area contributed by atoms with Crippen LogP contribution in [0.3, 0.4) is 0 Å². The lowest BCUT2D eigenvalue weighted by atomic mass is 9.63. The van der Waals surface area contributed by atoms with Crippen LogP contribution in [-0.2, 0) is 0 Å². The molecule has 1 saturated heterocycles. The molecule has 65 valence electrons. The SMILES string of the molecule is CC1CC[N]C(C)(C)C1(C)C. The van der Waals surface area contributed by atoms with Gasteiger partial charge in [-0.1, -0.05) is 20.8 Å². The molecule has 0 aliphatic carbocycles. The molecule has 0 amide bonds. The van der Waals surface area contributed by atoms with Crippen LogP contribution >= 0.6 is 0 Å². The van der Waals surface area contributed by atoms with Gasteiger partial charge in [0.05, 0.1) is 0 Å². The van der Waals surface area contributed by atoms with Crippen molar-refractivity contribution in [3.8, 4) is 0 Å². The van der Waals surface area contributed by atoms with Crippen LogP contribution in [0.25, 0.3) is 0 Å². The first-order valence-electron chi connectivity index (χ1n) is 4.56. The van der Waals surface area contributed by atoms with Crippen LogP contribution in [0.15, 0.2) is 0 Å². The summed E-state index contributed by atoms with van der Waals surface area (Å²) in [5.74, 6) is 0.801. The molecule has 0 aromatic rings. The Morgan fingerprint density at radius 1 is 1.18 bits per heavy atom. The van der Waals surface area contributed by atoms with Gasteiger partial charge in [0, 0.05) is 12.1 Å². The minimum atomic E-state index is 0.171. The Balaban J connectivity index is 2.82. The third kappa shape index (κ3) is 1.31. The van der Waals surface area contributed by atoms with Crippen molar-refractivity contribution in [3.63, 3.8) is 0 Å². The highest BCUT2D eigenvalue weighted by atomic mass is 15.0. The fraction of sp³-hybridized carbons (Fsp3) is 1.00. The lowest BCUT2D eigenvalue weighted by molar-refractivity contribution is 0.0432. The van der Waals surface area contributed by atoms with Gasteiger partial charge >= 0.3 is 0 Å². The molecule has 1 heterocycles. The molecule has 11 heavy (non-hydrogen) atoms. The maximum absolute atomic E-state index is 4.66. The Hall–Kier alpha value is -0.0400. The molecule has 1 radical (unpaired) electrons. The van der Waals surface area contributed by atoms with Gasteiger partial charge in [-0.15, -0.1) is 0 Å². The summed E-state index contributed by atoms with van der Waals surface area (Å²) in [6, 6.07) is 0. The molecule has 1 aliphatic heterocycles. The van der Waals surface area contributed by atoms with Gasteiger partial charge in [0.15, 0.2) is 0 Å². The summed E-state index contributed by atoms with van der Waals surface area (Å²) in [5.41, 5.74) is 0.538. The molecule has 1 unspecified atom stereocenters. The second kappa shape index (κ2) is 2.48. The highest BCUT2D eigenvalue weighted by Gasteiger charge is 2.44. The van der Waals surface area contributed by atoms with Crippen LogP contribution < -0.4 is 5.32 Å². The number of hydrogen-bond acceptors (Lipinski definition) is 0. The lowest BCUT2D eigenvalue weighted by Gasteiger charge is -2.49. The number of nitrogens with zero attached hydrogens (tertiary/aromatic N) is 1. The van der Waals surface area contributed by atoms with Crippen LogP contribution in [0.5, 0.6) is 0 Å². The van der Waals surface area contributed by atoms with Gasteiger partial charge < -0.3 is 0 Å². The van der Waals surface area contributed by atoms with Gasteiger partial charge in [-0.25, -0.2) is 5.32 Å². The van der Waals surface area contributed by atoms with Crippen molar-refractivity contribution in [1.29, 1.82) is 0 Å². The maximum atomic E-state index is 4.66. The first kappa shape index (κ1) is 9.05. The molecule has 1 heteroatoms. The van der Waals surface area contributed by atoms with E-state index in [0.29, 0.717) is 5.41 Å². The Labute approximate surface area is 70.6 Å². The maximum Gasteiger partial charge on any atom is 0.0354 e. The predicted molar refractivity (Wildman–Crippen MR) is 48.6 cm³/mol. The lowest BCUT2D eigenvalue weighted by Crippen LogP contribution is -2.54. The first-order valence-corrected chi connectivity index (χ1v) is 4.56. The largest absolute Gasteiger partial charge is 0.235 e. The fourth-order valence-electron chi connectivity index (χ4n) is 1.71. The average Bonchev–Trinajstić information content (AvgIpc) is 1.84. The van der Waals surface area contributed by atoms with Crippen molar-refractivity contribution in [2.45, 2.75) is 46.6 Å². The van der Waals surface area contributed by atoms with E-state index in [1.54, 1.807) is 0 Å². The number of piperidine rings is 1. The number of rotatable bonds is 0. The summed E-state index contributed by atoms with van der Waals surface area (Å²) in [4.78, 5) is 0. The molecule has 1 fully saturated rings. The van der Waals surface area contributed by atoms with E-state index in [4.69, 9.17) is 0 Å². The molecule has 1 nitrogen and oxygen atoms in total. The Morgan fingerprint density at radius 3 is 2.09 bits per heavy atom. The normalized spacial score (nSPS) is 35.2. The fourth-order valence-corrected chi connectivity index (χ4v) is 1.71. The molecule has 1 aliphatic rings. The van der Waals surface area contributed by atoms with Crippen molar-refractivity contribution in [2.24, 2.45) is 11.3 Å². The summed E-state index contributed by atoms with van der Waals surface area (Å²) in [7, 11) is 0. The zero-order chi connectivity index (χ0) is 8.70. The Kier molecular flexibility index (Phi) is 2.04. The van der Waals surface area contributed by atoms with Crippen molar-refractivity contribution < 1.29 is 0 Å². The minimum Gasteiger partial charge on any atom is -0.235 e. The molecule has 0 N–H and O–H groups in total. The molecular weight excluding hydrogens is 134 g/mol.